The minimum Gasteiger partial charge on any atom is -0.379 e. The predicted molar refractivity (Wildman–Crippen MR) is 118 cm³/mol. The third kappa shape index (κ3) is 4.27. The number of nitrogens with one attached hydrogen (secondary N) is 4. The molecule has 4 heterocycles. The SMILES string of the molecule is O=C(Nc1ccc(CN2CCOCC2)cc1)c1[nH]ncc1Nc1nccc2cc[nH]c12. The van der Waals surface area contributed by atoms with E-state index in [-0.39, 0.29) is 5.91 Å². The number of pyridine rings is 1. The van der Waals surface area contributed by atoms with E-state index in [1.165, 1.54) is 5.56 Å². The van der Waals surface area contributed by atoms with Gasteiger partial charge in [0.05, 0.1) is 30.6 Å². The smallest absolute Gasteiger partial charge is 0.275 e. The van der Waals surface area contributed by atoms with Crippen LogP contribution < -0.4 is 10.6 Å². The van der Waals surface area contributed by atoms with Crippen molar-refractivity contribution in [2.75, 3.05) is 36.9 Å². The third-order valence-corrected chi connectivity index (χ3v) is 5.31. The molecule has 158 valence electrons. The maximum absolute atomic E-state index is 12.8. The minimum absolute atomic E-state index is 0.278. The fourth-order valence-electron chi connectivity index (χ4n) is 3.66. The molecule has 1 amide bonds. The van der Waals surface area contributed by atoms with E-state index < -0.39 is 0 Å². The summed E-state index contributed by atoms with van der Waals surface area (Å²) in [7, 11) is 0. The zero-order chi connectivity index (χ0) is 21.0. The molecule has 9 heteroatoms. The van der Waals surface area contributed by atoms with Crippen molar-refractivity contribution in [1.82, 2.24) is 25.1 Å². The lowest BCUT2D eigenvalue weighted by atomic mass is 10.2. The molecular weight excluding hydrogens is 394 g/mol. The van der Waals surface area contributed by atoms with Gasteiger partial charge in [-0.3, -0.25) is 14.8 Å². The van der Waals surface area contributed by atoms with Gasteiger partial charge in [0.25, 0.3) is 5.91 Å². The Morgan fingerprint density at radius 2 is 1.97 bits per heavy atom. The van der Waals surface area contributed by atoms with E-state index in [2.05, 4.69) is 35.7 Å². The molecule has 4 aromatic rings. The standard InChI is InChI=1S/C22H23N7O2/c30-22(26-17-3-1-15(2-4-17)14-29-9-11-31-12-10-29)20-18(13-25-28-20)27-21-19-16(5-7-23-19)6-8-24-21/h1-8,13,23H,9-12,14H2,(H,24,27)(H,25,28)(H,26,30). The van der Waals surface area contributed by atoms with E-state index >= 15 is 0 Å². The molecule has 0 atom stereocenters. The molecule has 0 unspecified atom stereocenters. The average Bonchev–Trinajstić information content (AvgIpc) is 3.46. The van der Waals surface area contributed by atoms with E-state index in [9.17, 15) is 4.79 Å². The van der Waals surface area contributed by atoms with E-state index in [0.717, 1.165) is 49.4 Å². The van der Waals surface area contributed by atoms with Crippen molar-refractivity contribution in [2.45, 2.75) is 6.54 Å². The zero-order valence-electron chi connectivity index (χ0n) is 16.9. The summed E-state index contributed by atoms with van der Waals surface area (Å²) in [4.78, 5) is 22.7. The highest BCUT2D eigenvalue weighted by Crippen LogP contribution is 2.24. The van der Waals surface area contributed by atoms with Crippen LogP contribution in [0.5, 0.6) is 0 Å². The lowest BCUT2D eigenvalue weighted by Gasteiger charge is -2.26. The number of anilines is 3. The average molecular weight is 417 g/mol. The normalized spacial score (nSPS) is 14.6. The second-order valence-corrected chi connectivity index (χ2v) is 7.42. The predicted octanol–water partition coefficient (Wildman–Crippen LogP) is 3.11. The van der Waals surface area contributed by atoms with Gasteiger partial charge in [-0.25, -0.2) is 4.98 Å². The molecule has 0 radical (unpaired) electrons. The molecule has 1 saturated heterocycles. The number of rotatable bonds is 6. The first kappa shape index (κ1) is 19.3. The van der Waals surface area contributed by atoms with Crippen molar-refractivity contribution in [1.29, 1.82) is 0 Å². The number of aromatic nitrogens is 4. The summed E-state index contributed by atoms with van der Waals surface area (Å²) in [5.41, 5.74) is 3.68. The second-order valence-electron chi connectivity index (χ2n) is 7.42. The molecule has 31 heavy (non-hydrogen) atoms. The van der Waals surface area contributed by atoms with Crippen LogP contribution >= 0.6 is 0 Å². The molecule has 9 nitrogen and oxygen atoms in total. The van der Waals surface area contributed by atoms with Crippen LogP contribution in [0.15, 0.2) is 55.0 Å². The number of amides is 1. The van der Waals surface area contributed by atoms with Gasteiger partial charge >= 0.3 is 0 Å². The highest BCUT2D eigenvalue weighted by atomic mass is 16.5. The first-order valence-corrected chi connectivity index (χ1v) is 10.2. The summed E-state index contributed by atoms with van der Waals surface area (Å²) in [6, 6.07) is 11.8. The molecule has 3 aromatic heterocycles. The van der Waals surface area contributed by atoms with E-state index in [1.54, 1.807) is 12.4 Å². The summed E-state index contributed by atoms with van der Waals surface area (Å²) >= 11 is 0. The van der Waals surface area contributed by atoms with Gasteiger partial charge in [0, 0.05) is 43.1 Å². The van der Waals surface area contributed by atoms with Crippen molar-refractivity contribution in [2.24, 2.45) is 0 Å². The monoisotopic (exact) mass is 417 g/mol. The number of morpholine rings is 1. The molecule has 0 bridgehead atoms. The highest BCUT2D eigenvalue weighted by molar-refractivity contribution is 6.07. The topological polar surface area (TPSA) is 111 Å². The van der Waals surface area contributed by atoms with Gasteiger partial charge < -0.3 is 20.4 Å². The maximum Gasteiger partial charge on any atom is 0.275 e. The van der Waals surface area contributed by atoms with Crippen molar-refractivity contribution in [3.63, 3.8) is 0 Å². The molecule has 4 N–H and O–H groups in total. The Balaban J connectivity index is 1.26. The van der Waals surface area contributed by atoms with Gasteiger partial charge in [-0.1, -0.05) is 12.1 Å². The first-order valence-electron chi connectivity index (χ1n) is 10.2. The summed E-state index contributed by atoms with van der Waals surface area (Å²) < 4.78 is 5.39. The number of H-pyrrole nitrogens is 2. The number of fused-ring (bicyclic) bond motifs is 1. The number of carbonyl (C=O) groups is 1. The van der Waals surface area contributed by atoms with Crippen LogP contribution in [0.25, 0.3) is 10.9 Å². The molecule has 0 aliphatic carbocycles. The number of nitrogens with zero attached hydrogens (tertiary/aromatic N) is 3. The molecule has 1 aliphatic heterocycles. The van der Waals surface area contributed by atoms with Crippen molar-refractivity contribution in [3.8, 4) is 0 Å². The summed E-state index contributed by atoms with van der Waals surface area (Å²) in [5, 5.41) is 13.9. The lowest BCUT2D eigenvalue weighted by Crippen LogP contribution is -2.35. The molecule has 0 spiro atoms. The number of ether oxygens (including phenoxy) is 1. The van der Waals surface area contributed by atoms with Gasteiger partial charge in [0.2, 0.25) is 0 Å². The summed E-state index contributed by atoms with van der Waals surface area (Å²) in [6.45, 7) is 4.33. The van der Waals surface area contributed by atoms with Crippen molar-refractivity contribution in [3.05, 3.63) is 66.2 Å². The molecule has 1 fully saturated rings. The fourth-order valence-corrected chi connectivity index (χ4v) is 3.66. The van der Waals surface area contributed by atoms with E-state index in [0.29, 0.717) is 17.2 Å². The second kappa shape index (κ2) is 8.58. The number of benzene rings is 1. The van der Waals surface area contributed by atoms with Gasteiger partial charge in [-0.15, -0.1) is 0 Å². The molecule has 5 rings (SSSR count). The number of carbonyl (C=O) groups excluding carboxylic acids is 1. The molecule has 1 aliphatic rings. The Bertz CT molecular complexity index is 1180. The van der Waals surface area contributed by atoms with Gasteiger partial charge in [-0.05, 0) is 29.8 Å². The Kier molecular flexibility index (Phi) is 5.34. The lowest BCUT2D eigenvalue weighted by molar-refractivity contribution is 0.0342. The maximum atomic E-state index is 12.8. The minimum atomic E-state index is -0.278. The Labute approximate surface area is 178 Å². The van der Waals surface area contributed by atoms with Gasteiger partial charge in [0.15, 0.2) is 5.82 Å². The fraction of sp³-hybridized carbons (Fsp3) is 0.227. The van der Waals surface area contributed by atoms with Crippen molar-refractivity contribution >= 4 is 34.0 Å². The van der Waals surface area contributed by atoms with Crippen LogP contribution in [0.3, 0.4) is 0 Å². The number of aromatic amines is 2. The van der Waals surface area contributed by atoms with Crippen LogP contribution in [-0.2, 0) is 11.3 Å². The quantitative estimate of drug-likeness (QED) is 0.384. The molecule has 1 aromatic carbocycles. The largest absolute Gasteiger partial charge is 0.379 e. The van der Waals surface area contributed by atoms with E-state index in [1.807, 2.05) is 42.6 Å². The molecule has 0 saturated carbocycles. The van der Waals surface area contributed by atoms with Crippen LogP contribution in [-0.4, -0.2) is 57.3 Å². The summed E-state index contributed by atoms with van der Waals surface area (Å²) in [5.74, 6) is 0.352. The zero-order valence-corrected chi connectivity index (χ0v) is 16.9. The van der Waals surface area contributed by atoms with Crippen molar-refractivity contribution < 1.29 is 9.53 Å². The first-order chi connectivity index (χ1) is 15.3. The highest BCUT2D eigenvalue weighted by Gasteiger charge is 2.16. The Morgan fingerprint density at radius 1 is 1.13 bits per heavy atom. The molecular formula is C22H23N7O2. The van der Waals surface area contributed by atoms with Crippen LogP contribution in [0.2, 0.25) is 0 Å². The number of hydrogen-bond donors (Lipinski definition) is 4. The Hall–Kier alpha value is -3.69. The Morgan fingerprint density at radius 3 is 2.81 bits per heavy atom. The van der Waals surface area contributed by atoms with Gasteiger partial charge in [-0.2, -0.15) is 5.10 Å². The van der Waals surface area contributed by atoms with Crippen LogP contribution in [0, 0.1) is 0 Å². The summed E-state index contributed by atoms with van der Waals surface area (Å²) in [6.07, 6.45) is 5.14. The van der Waals surface area contributed by atoms with Gasteiger partial charge in [0.1, 0.15) is 5.69 Å². The number of hydrogen-bond acceptors (Lipinski definition) is 6. The third-order valence-electron chi connectivity index (χ3n) is 5.31. The van der Waals surface area contributed by atoms with Crippen LogP contribution in [0.4, 0.5) is 17.2 Å². The van der Waals surface area contributed by atoms with Crippen LogP contribution in [0.1, 0.15) is 16.1 Å². The van der Waals surface area contributed by atoms with E-state index in [4.69, 9.17) is 4.74 Å².